The van der Waals surface area contributed by atoms with Gasteiger partial charge in [-0.2, -0.15) is 5.10 Å². The Labute approximate surface area is 110 Å². The van der Waals surface area contributed by atoms with E-state index in [9.17, 15) is 9.59 Å². The lowest BCUT2D eigenvalue weighted by atomic mass is 10.0. The van der Waals surface area contributed by atoms with E-state index < -0.39 is 24.0 Å². The van der Waals surface area contributed by atoms with E-state index in [0.29, 0.717) is 11.4 Å². The fourth-order valence-electron chi connectivity index (χ4n) is 1.19. The second kappa shape index (κ2) is 6.07. The molecule has 1 aromatic heterocycles. The summed E-state index contributed by atoms with van der Waals surface area (Å²) in [5.74, 6) is -1.59. The summed E-state index contributed by atoms with van der Waals surface area (Å²) in [6.07, 6.45) is 0. The molecule has 2 amide bonds. The van der Waals surface area contributed by atoms with Crippen LogP contribution in [0.15, 0.2) is 0 Å². The highest BCUT2D eigenvalue weighted by atomic mass is 16.4. The van der Waals surface area contributed by atoms with Crippen molar-refractivity contribution in [3.63, 3.8) is 0 Å². The smallest absolute Gasteiger partial charge is 0.321 e. The van der Waals surface area contributed by atoms with Crippen molar-refractivity contribution < 1.29 is 14.7 Å². The Bertz CT molecular complexity index is 491. The highest BCUT2D eigenvalue weighted by molar-refractivity contribution is 5.87. The second-order valence-corrected chi connectivity index (χ2v) is 4.32. The molecule has 1 aromatic rings. The quantitative estimate of drug-likeness (QED) is 0.740. The third-order valence-corrected chi connectivity index (χ3v) is 2.82. The number of aromatic nitrogens is 3. The Morgan fingerprint density at radius 1 is 1.16 bits per heavy atom. The van der Waals surface area contributed by atoms with E-state index in [2.05, 4.69) is 25.8 Å². The van der Waals surface area contributed by atoms with Crippen LogP contribution in [-0.4, -0.2) is 38.3 Å². The minimum absolute atomic E-state index is 0.0794. The van der Waals surface area contributed by atoms with Gasteiger partial charge in [0.15, 0.2) is 0 Å². The number of hydrogen-bond donors (Lipinski definition) is 3. The minimum atomic E-state index is -0.975. The van der Waals surface area contributed by atoms with Crippen molar-refractivity contribution in [1.29, 1.82) is 0 Å². The molecule has 19 heavy (non-hydrogen) atoms. The number of carbonyl (C=O) groups is 2. The lowest BCUT2D eigenvalue weighted by Gasteiger charge is -2.17. The number of carbonyl (C=O) groups excluding carboxylic acids is 1. The molecule has 2 unspecified atom stereocenters. The molecule has 1 heterocycles. The van der Waals surface area contributed by atoms with Gasteiger partial charge in [-0.15, -0.1) is 5.10 Å². The Morgan fingerprint density at radius 3 is 2.32 bits per heavy atom. The van der Waals surface area contributed by atoms with Crippen LogP contribution in [0, 0.1) is 19.8 Å². The molecule has 104 valence electrons. The fourth-order valence-corrected chi connectivity index (χ4v) is 1.19. The van der Waals surface area contributed by atoms with Gasteiger partial charge in [0.2, 0.25) is 0 Å². The van der Waals surface area contributed by atoms with E-state index in [1.807, 2.05) is 0 Å². The topological polar surface area (TPSA) is 117 Å². The molecule has 0 saturated carbocycles. The summed E-state index contributed by atoms with van der Waals surface area (Å²) in [4.78, 5) is 26.4. The summed E-state index contributed by atoms with van der Waals surface area (Å²) in [6, 6.07) is -1.08. The molecule has 8 nitrogen and oxygen atoms in total. The van der Waals surface area contributed by atoms with E-state index in [-0.39, 0.29) is 5.95 Å². The lowest BCUT2D eigenvalue weighted by molar-refractivity contribution is -0.141. The summed E-state index contributed by atoms with van der Waals surface area (Å²) in [5.41, 5.74) is 1.34. The molecule has 0 aliphatic heterocycles. The first-order valence-electron chi connectivity index (χ1n) is 5.79. The molecule has 0 saturated heterocycles. The number of carboxylic acid groups (broad SMARTS) is 1. The largest absolute Gasteiger partial charge is 0.481 e. The van der Waals surface area contributed by atoms with Gasteiger partial charge in [0, 0.05) is 6.04 Å². The Hall–Kier alpha value is -2.25. The first kappa shape index (κ1) is 14.8. The number of nitrogens with zero attached hydrogens (tertiary/aromatic N) is 3. The van der Waals surface area contributed by atoms with Gasteiger partial charge in [-0.05, 0) is 27.7 Å². The van der Waals surface area contributed by atoms with Crippen molar-refractivity contribution in [2.75, 3.05) is 5.32 Å². The molecular weight excluding hydrogens is 250 g/mol. The number of rotatable bonds is 4. The zero-order chi connectivity index (χ0) is 14.6. The summed E-state index contributed by atoms with van der Waals surface area (Å²) in [6.45, 7) is 6.64. The average Bonchev–Trinajstić information content (AvgIpc) is 2.32. The van der Waals surface area contributed by atoms with Gasteiger partial charge in [-0.25, -0.2) is 9.78 Å². The SMILES string of the molecule is Cc1nnc(NC(=O)NC(C)C(C)C(=O)O)nc1C. The number of aryl methyl sites for hydroxylation is 2. The maximum atomic E-state index is 11.6. The molecule has 1 rings (SSSR count). The van der Waals surface area contributed by atoms with Crippen LogP contribution < -0.4 is 10.6 Å². The first-order valence-corrected chi connectivity index (χ1v) is 5.79. The molecule has 0 spiro atoms. The van der Waals surface area contributed by atoms with Crippen molar-refractivity contribution >= 4 is 17.9 Å². The molecule has 0 radical (unpaired) electrons. The highest BCUT2D eigenvalue weighted by Crippen LogP contribution is 2.04. The number of hydrogen-bond acceptors (Lipinski definition) is 5. The predicted octanol–water partition coefficient (Wildman–Crippen LogP) is 0.719. The monoisotopic (exact) mass is 267 g/mol. The summed E-state index contributed by atoms with van der Waals surface area (Å²) >= 11 is 0. The maximum Gasteiger partial charge on any atom is 0.321 e. The summed E-state index contributed by atoms with van der Waals surface area (Å²) < 4.78 is 0. The number of anilines is 1. The normalized spacial score (nSPS) is 13.5. The minimum Gasteiger partial charge on any atom is -0.481 e. The molecular formula is C11H17N5O3. The highest BCUT2D eigenvalue weighted by Gasteiger charge is 2.21. The molecule has 0 aliphatic rings. The molecule has 0 fully saturated rings. The van der Waals surface area contributed by atoms with Crippen molar-refractivity contribution in [3.05, 3.63) is 11.4 Å². The van der Waals surface area contributed by atoms with Crippen molar-refractivity contribution in [2.45, 2.75) is 33.7 Å². The molecule has 8 heteroatoms. The number of nitrogens with one attached hydrogen (secondary N) is 2. The molecule has 3 N–H and O–H groups in total. The van der Waals surface area contributed by atoms with Gasteiger partial charge < -0.3 is 10.4 Å². The molecule has 2 atom stereocenters. The standard InChI is InChI=1S/C11H17N5O3/c1-5(9(17)18)6(2)13-11(19)14-10-12-7(3)8(4)15-16-10/h5-6H,1-4H3,(H,17,18)(H2,12,13,14,16,19). The van der Waals surface area contributed by atoms with Crippen LogP contribution in [0.3, 0.4) is 0 Å². The number of carboxylic acids is 1. The van der Waals surface area contributed by atoms with E-state index in [1.54, 1.807) is 20.8 Å². The number of aliphatic carboxylic acids is 1. The zero-order valence-electron chi connectivity index (χ0n) is 11.3. The molecule has 0 bridgehead atoms. The molecule has 0 aliphatic carbocycles. The van der Waals surface area contributed by atoms with Gasteiger partial charge in [-0.1, -0.05) is 0 Å². The van der Waals surface area contributed by atoms with Gasteiger partial charge >= 0.3 is 12.0 Å². The summed E-state index contributed by atoms with van der Waals surface area (Å²) in [7, 11) is 0. The average molecular weight is 267 g/mol. The van der Waals surface area contributed by atoms with Gasteiger partial charge in [0.25, 0.3) is 5.95 Å². The van der Waals surface area contributed by atoms with Gasteiger partial charge in [0.05, 0.1) is 17.3 Å². The zero-order valence-corrected chi connectivity index (χ0v) is 11.3. The lowest BCUT2D eigenvalue weighted by Crippen LogP contribution is -2.42. The van der Waals surface area contributed by atoms with Crippen LogP contribution in [0.4, 0.5) is 10.7 Å². The Kier molecular flexibility index (Phi) is 4.74. The van der Waals surface area contributed by atoms with Crippen LogP contribution >= 0.6 is 0 Å². The van der Waals surface area contributed by atoms with Crippen LogP contribution in [-0.2, 0) is 4.79 Å². The third kappa shape index (κ3) is 4.16. The Morgan fingerprint density at radius 2 is 1.79 bits per heavy atom. The third-order valence-electron chi connectivity index (χ3n) is 2.82. The van der Waals surface area contributed by atoms with Gasteiger partial charge in [-0.3, -0.25) is 10.1 Å². The summed E-state index contributed by atoms with van der Waals surface area (Å²) in [5, 5.41) is 21.3. The van der Waals surface area contributed by atoms with E-state index in [1.165, 1.54) is 6.92 Å². The number of urea groups is 1. The number of amides is 2. The van der Waals surface area contributed by atoms with Crippen LogP contribution in [0.25, 0.3) is 0 Å². The van der Waals surface area contributed by atoms with E-state index in [0.717, 1.165) is 0 Å². The van der Waals surface area contributed by atoms with E-state index in [4.69, 9.17) is 5.11 Å². The van der Waals surface area contributed by atoms with E-state index >= 15 is 0 Å². The second-order valence-electron chi connectivity index (χ2n) is 4.32. The van der Waals surface area contributed by atoms with Crippen LogP contribution in [0.2, 0.25) is 0 Å². The maximum absolute atomic E-state index is 11.6. The van der Waals surface area contributed by atoms with Crippen molar-refractivity contribution in [2.24, 2.45) is 5.92 Å². The van der Waals surface area contributed by atoms with Crippen molar-refractivity contribution in [3.8, 4) is 0 Å². The predicted molar refractivity (Wildman–Crippen MR) is 67.7 cm³/mol. The Balaban J connectivity index is 2.60. The van der Waals surface area contributed by atoms with Gasteiger partial charge in [0.1, 0.15) is 0 Å². The van der Waals surface area contributed by atoms with Crippen LogP contribution in [0.5, 0.6) is 0 Å². The van der Waals surface area contributed by atoms with Crippen molar-refractivity contribution in [1.82, 2.24) is 20.5 Å². The first-order chi connectivity index (χ1) is 8.81. The van der Waals surface area contributed by atoms with Crippen LogP contribution in [0.1, 0.15) is 25.2 Å². The fraction of sp³-hybridized carbons (Fsp3) is 0.545. The molecule has 0 aromatic carbocycles.